The summed E-state index contributed by atoms with van der Waals surface area (Å²) < 4.78 is 13.5. The van der Waals surface area contributed by atoms with Crippen molar-refractivity contribution in [1.82, 2.24) is 9.97 Å². The van der Waals surface area contributed by atoms with Crippen LogP contribution in [0.25, 0.3) is 0 Å². The molecular weight excluding hydrogens is 357 g/mol. The smallest absolute Gasteiger partial charge is 0.353 e. The Morgan fingerprint density at radius 2 is 2.07 bits per heavy atom. The van der Waals surface area contributed by atoms with E-state index in [1.807, 2.05) is 0 Å². The lowest BCUT2D eigenvalue weighted by Crippen LogP contribution is -2.37. The van der Waals surface area contributed by atoms with Crippen LogP contribution >= 0.6 is 0 Å². The molecule has 0 bridgehead atoms. The summed E-state index contributed by atoms with van der Waals surface area (Å²) in [6, 6.07) is 5.66. The van der Waals surface area contributed by atoms with Gasteiger partial charge in [-0.15, -0.1) is 0 Å². The summed E-state index contributed by atoms with van der Waals surface area (Å²) in [5, 5.41) is 20.9. The molecule has 1 aliphatic heterocycles. The Balaban J connectivity index is 1.96. The molecule has 0 amide bonds. The summed E-state index contributed by atoms with van der Waals surface area (Å²) in [4.78, 5) is 33.5. The van der Waals surface area contributed by atoms with Gasteiger partial charge in [-0.25, -0.2) is 14.4 Å². The Bertz CT molecular complexity index is 870. The average molecular weight is 375 g/mol. The highest BCUT2D eigenvalue weighted by Crippen LogP contribution is 2.38. The number of carbonyl (C=O) groups is 1. The van der Waals surface area contributed by atoms with Gasteiger partial charge >= 0.3 is 11.7 Å². The summed E-state index contributed by atoms with van der Waals surface area (Å²) in [5.41, 5.74) is 0.116. The highest BCUT2D eigenvalue weighted by Gasteiger charge is 2.33. The molecule has 1 aromatic carbocycles. The van der Waals surface area contributed by atoms with Crippen molar-refractivity contribution in [2.45, 2.75) is 12.8 Å². The highest BCUT2D eigenvalue weighted by atomic mass is 19.1. The van der Waals surface area contributed by atoms with Gasteiger partial charge in [0.2, 0.25) is 11.6 Å². The molecule has 0 aliphatic carbocycles. The minimum absolute atomic E-state index is 0.0379. The lowest BCUT2D eigenvalue weighted by atomic mass is 9.97. The number of carboxylic acids is 1. The molecule has 2 heterocycles. The molecule has 1 aromatic heterocycles. The molecule has 1 N–H and O–H groups in total. The third-order valence-electron chi connectivity index (χ3n) is 4.62. The van der Waals surface area contributed by atoms with E-state index in [1.165, 1.54) is 29.4 Å². The normalized spacial score (nSPS) is 14.8. The van der Waals surface area contributed by atoms with E-state index in [2.05, 4.69) is 9.97 Å². The SMILES string of the molecule is CN(c1cccc(F)c1)c1ncnc(N2CCC(C(=O)O)CC2)c1[N+](=O)[O-]. The zero-order valence-corrected chi connectivity index (χ0v) is 14.6. The largest absolute Gasteiger partial charge is 0.481 e. The maximum absolute atomic E-state index is 13.5. The summed E-state index contributed by atoms with van der Waals surface area (Å²) >= 11 is 0. The number of benzene rings is 1. The van der Waals surface area contributed by atoms with E-state index in [1.54, 1.807) is 18.0 Å². The minimum Gasteiger partial charge on any atom is -0.481 e. The molecule has 3 rings (SSSR count). The highest BCUT2D eigenvalue weighted by molar-refractivity contribution is 5.76. The van der Waals surface area contributed by atoms with Crippen molar-refractivity contribution in [3.63, 3.8) is 0 Å². The summed E-state index contributed by atoms with van der Waals surface area (Å²) in [6.45, 7) is 0.690. The van der Waals surface area contributed by atoms with Crippen LogP contribution in [0, 0.1) is 21.8 Å². The second-order valence-electron chi connectivity index (χ2n) is 6.27. The van der Waals surface area contributed by atoms with Crippen molar-refractivity contribution < 1.29 is 19.2 Å². The van der Waals surface area contributed by atoms with Crippen LogP contribution in [0.5, 0.6) is 0 Å². The number of hydrogen-bond donors (Lipinski definition) is 1. The number of aliphatic carboxylic acids is 1. The second kappa shape index (κ2) is 7.52. The van der Waals surface area contributed by atoms with E-state index in [-0.39, 0.29) is 17.3 Å². The number of carboxylic acid groups (broad SMARTS) is 1. The number of hydrogen-bond acceptors (Lipinski definition) is 7. The Kier molecular flexibility index (Phi) is 5.15. The number of rotatable bonds is 5. The predicted octanol–water partition coefficient (Wildman–Crippen LogP) is 2.59. The minimum atomic E-state index is -0.863. The average Bonchev–Trinajstić information content (AvgIpc) is 2.66. The number of halogens is 1. The molecule has 2 aromatic rings. The van der Waals surface area contributed by atoms with Crippen molar-refractivity contribution in [3.05, 3.63) is 46.5 Å². The lowest BCUT2D eigenvalue weighted by Gasteiger charge is -2.31. The maximum atomic E-state index is 13.5. The van der Waals surface area contributed by atoms with E-state index in [9.17, 15) is 19.3 Å². The van der Waals surface area contributed by atoms with E-state index < -0.39 is 22.6 Å². The van der Waals surface area contributed by atoms with Crippen molar-refractivity contribution in [2.24, 2.45) is 5.92 Å². The van der Waals surface area contributed by atoms with Crippen molar-refractivity contribution in [2.75, 3.05) is 29.9 Å². The molecule has 27 heavy (non-hydrogen) atoms. The van der Waals surface area contributed by atoms with E-state index in [4.69, 9.17) is 5.11 Å². The molecular formula is C17H18FN5O4. The van der Waals surface area contributed by atoms with Crippen LogP contribution < -0.4 is 9.80 Å². The fourth-order valence-corrected chi connectivity index (χ4v) is 3.15. The first-order valence-electron chi connectivity index (χ1n) is 8.35. The van der Waals surface area contributed by atoms with Gasteiger partial charge in [-0.05, 0) is 31.0 Å². The molecule has 0 radical (unpaired) electrons. The number of piperidine rings is 1. The fourth-order valence-electron chi connectivity index (χ4n) is 3.15. The van der Waals surface area contributed by atoms with Crippen molar-refractivity contribution in [1.29, 1.82) is 0 Å². The summed E-state index contributed by atoms with van der Waals surface area (Å²) in [6.07, 6.45) is 1.98. The van der Waals surface area contributed by atoms with Gasteiger partial charge in [-0.2, -0.15) is 0 Å². The van der Waals surface area contributed by atoms with Crippen molar-refractivity contribution in [3.8, 4) is 0 Å². The lowest BCUT2D eigenvalue weighted by molar-refractivity contribution is -0.383. The predicted molar refractivity (Wildman–Crippen MR) is 95.7 cm³/mol. The monoisotopic (exact) mass is 375 g/mol. The van der Waals surface area contributed by atoms with Gasteiger partial charge in [0.15, 0.2) is 0 Å². The van der Waals surface area contributed by atoms with E-state index in [0.717, 1.165) is 0 Å². The van der Waals surface area contributed by atoms with Crippen LogP contribution in [-0.2, 0) is 4.79 Å². The Labute approximate surface area is 154 Å². The Morgan fingerprint density at radius 3 is 2.67 bits per heavy atom. The van der Waals surface area contributed by atoms with Crippen LogP contribution in [0.3, 0.4) is 0 Å². The molecule has 0 spiro atoms. The maximum Gasteiger partial charge on any atom is 0.353 e. The molecule has 0 atom stereocenters. The first-order chi connectivity index (χ1) is 12.9. The number of aromatic nitrogens is 2. The first kappa shape index (κ1) is 18.5. The number of nitrogens with zero attached hydrogens (tertiary/aromatic N) is 5. The number of anilines is 3. The topological polar surface area (TPSA) is 113 Å². The van der Waals surface area contributed by atoms with Crippen LogP contribution in [-0.4, -0.2) is 46.1 Å². The molecule has 142 valence electrons. The zero-order chi connectivity index (χ0) is 19.6. The molecule has 1 aliphatic rings. The molecule has 1 fully saturated rings. The van der Waals surface area contributed by atoms with Gasteiger partial charge in [0.1, 0.15) is 12.1 Å². The third kappa shape index (κ3) is 3.78. The van der Waals surface area contributed by atoms with Gasteiger partial charge < -0.3 is 14.9 Å². The molecule has 9 nitrogen and oxygen atoms in total. The van der Waals surface area contributed by atoms with Crippen LogP contribution in [0.15, 0.2) is 30.6 Å². The molecule has 1 saturated heterocycles. The van der Waals surface area contributed by atoms with E-state index >= 15 is 0 Å². The van der Waals surface area contributed by atoms with Crippen LogP contribution in [0.1, 0.15) is 12.8 Å². The van der Waals surface area contributed by atoms with E-state index in [0.29, 0.717) is 31.6 Å². The summed E-state index contributed by atoms with van der Waals surface area (Å²) in [7, 11) is 1.56. The summed E-state index contributed by atoms with van der Waals surface area (Å²) in [5.74, 6) is -1.62. The van der Waals surface area contributed by atoms with Gasteiger partial charge in [0.25, 0.3) is 0 Å². The van der Waals surface area contributed by atoms with Crippen molar-refractivity contribution >= 4 is 29.0 Å². The quantitative estimate of drug-likeness (QED) is 0.627. The zero-order valence-electron chi connectivity index (χ0n) is 14.6. The second-order valence-corrected chi connectivity index (χ2v) is 6.27. The standard InChI is InChI=1S/C17H18FN5O4/c1-21(13-4-2-3-12(18)9-13)15-14(23(26)27)16(20-10-19-15)22-7-5-11(6-8-22)17(24)25/h2-4,9-11H,5-8H2,1H3,(H,24,25). The fraction of sp³-hybridized carbons (Fsp3) is 0.353. The Hall–Kier alpha value is -3.30. The molecule has 0 saturated carbocycles. The number of nitro groups is 1. The first-order valence-corrected chi connectivity index (χ1v) is 8.35. The molecule has 10 heteroatoms. The molecule has 0 unspecified atom stereocenters. The third-order valence-corrected chi connectivity index (χ3v) is 4.62. The van der Waals surface area contributed by atoms with Gasteiger partial charge in [-0.3, -0.25) is 14.9 Å². The van der Waals surface area contributed by atoms with Gasteiger partial charge in [-0.1, -0.05) is 6.07 Å². The van der Waals surface area contributed by atoms with Gasteiger partial charge in [0, 0.05) is 25.8 Å². The van der Waals surface area contributed by atoms with Crippen LogP contribution in [0.4, 0.5) is 27.4 Å². The van der Waals surface area contributed by atoms with Crippen LogP contribution in [0.2, 0.25) is 0 Å². The van der Waals surface area contributed by atoms with Gasteiger partial charge in [0.05, 0.1) is 10.8 Å². The Morgan fingerprint density at radius 1 is 1.37 bits per heavy atom.